The van der Waals surface area contributed by atoms with Crippen LogP contribution in [0.2, 0.25) is 0 Å². The van der Waals surface area contributed by atoms with Gasteiger partial charge in [0.2, 0.25) is 0 Å². The van der Waals surface area contributed by atoms with Gasteiger partial charge in [0.15, 0.2) is 0 Å². The van der Waals surface area contributed by atoms with Gasteiger partial charge in [-0.3, -0.25) is 5.41 Å². The lowest BCUT2D eigenvalue weighted by Gasteiger charge is -2.08. The highest BCUT2D eigenvalue weighted by atomic mass is 32.2. The Balaban J connectivity index is 1.87. The summed E-state index contributed by atoms with van der Waals surface area (Å²) in [7, 11) is 0. The Hall–Kier alpha value is -0.960. The first kappa shape index (κ1) is 11.5. The fourth-order valence-electron chi connectivity index (χ4n) is 2.05. The van der Waals surface area contributed by atoms with Gasteiger partial charge in [-0.15, -0.1) is 0 Å². The predicted molar refractivity (Wildman–Crippen MR) is 71.0 cm³/mol. The van der Waals surface area contributed by atoms with Crippen molar-refractivity contribution in [2.45, 2.75) is 36.7 Å². The van der Waals surface area contributed by atoms with Gasteiger partial charge in [0.05, 0.1) is 0 Å². The predicted octanol–water partition coefficient (Wildman–Crippen LogP) is 3.15. The van der Waals surface area contributed by atoms with Gasteiger partial charge in [0.1, 0.15) is 5.84 Å². The molecule has 1 fully saturated rings. The summed E-state index contributed by atoms with van der Waals surface area (Å²) in [6, 6.07) is 8.04. The largest absolute Gasteiger partial charge is 0.384 e. The number of nitrogens with two attached hydrogens (primary N) is 1. The van der Waals surface area contributed by atoms with Crippen LogP contribution in [0.5, 0.6) is 0 Å². The average Bonchev–Trinajstić information content (AvgIpc) is 2.80. The van der Waals surface area contributed by atoms with E-state index < -0.39 is 0 Å². The van der Waals surface area contributed by atoms with Gasteiger partial charge in [-0.2, -0.15) is 11.8 Å². The Bertz CT molecular complexity index is 353. The minimum absolute atomic E-state index is 0.148. The van der Waals surface area contributed by atoms with Crippen molar-refractivity contribution in [3.8, 4) is 0 Å². The van der Waals surface area contributed by atoms with Crippen LogP contribution in [0.1, 0.15) is 36.8 Å². The van der Waals surface area contributed by atoms with Crippen molar-refractivity contribution in [2.24, 2.45) is 5.73 Å². The molecule has 1 aromatic carbocycles. The van der Waals surface area contributed by atoms with E-state index in [-0.39, 0.29) is 5.84 Å². The molecule has 16 heavy (non-hydrogen) atoms. The van der Waals surface area contributed by atoms with Crippen molar-refractivity contribution < 1.29 is 0 Å². The molecule has 3 heteroatoms. The van der Waals surface area contributed by atoms with Crippen LogP contribution in [-0.2, 0) is 5.75 Å². The summed E-state index contributed by atoms with van der Waals surface area (Å²) >= 11 is 2.07. The van der Waals surface area contributed by atoms with Crippen molar-refractivity contribution in [3.63, 3.8) is 0 Å². The van der Waals surface area contributed by atoms with E-state index >= 15 is 0 Å². The maximum absolute atomic E-state index is 7.32. The first-order valence-corrected chi connectivity index (χ1v) is 6.85. The molecular formula is C13H18N2S. The molecule has 86 valence electrons. The zero-order valence-electron chi connectivity index (χ0n) is 9.41. The highest BCUT2D eigenvalue weighted by molar-refractivity contribution is 7.99. The van der Waals surface area contributed by atoms with Gasteiger partial charge in [0, 0.05) is 16.6 Å². The Labute approximate surface area is 101 Å². The Morgan fingerprint density at radius 1 is 1.25 bits per heavy atom. The number of thioether (sulfide) groups is 1. The van der Waals surface area contributed by atoms with Crippen LogP contribution < -0.4 is 5.73 Å². The minimum Gasteiger partial charge on any atom is -0.384 e. The van der Waals surface area contributed by atoms with Gasteiger partial charge in [-0.1, -0.05) is 37.1 Å². The Morgan fingerprint density at radius 2 is 1.88 bits per heavy atom. The molecular weight excluding hydrogens is 216 g/mol. The summed E-state index contributed by atoms with van der Waals surface area (Å²) in [6.45, 7) is 0. The number of nitrogens with one attached hydrogen (secondary N) is 1. The third kappa shape index (κ3) is 3.01. The standard InChI is InChI=1S/C13H18N2S/c14-13(15)11-7-5-10(6-8-11)9-16-12-3-1-2-4-12/h5-8,12H,1-4,9H2,(H3,14,15). The third-order valence-electron chi connectivity index (χ3n) is 3.05. The number of rotatable bonds is 4. The van der Waals surface area contributed by atoms with Crippen LogP contribution in [0.4, 0.5) is 0 Å². The quantitative estimate of drug-likeness (QED) is 0.621. The minimum atomic E-state index is 0.148. The molecule has 0 unspecified atom stereocenters. The van der Waals surface area contributed by atoms with Crippen LogP contribution in [-0.4, -0.2) is 11.1 Å². The molecule has 0 heterocycles. The molecule has 1 saturated carbocycles. The smallest absolute Gasteiger partial charge is 0.122 e. The molecule has 1 aliphatic rings. The molecule has 0 spiro atoms. The monoisotopic (exact) mass is 234 g/mol. The number of hydrogen-bond donors (Lipinski definition) is 2. The lowest BCUT2D eigenvalue weighted by Crippen LogP contribution is -2.10. The topological polar surface area (TPSA) is 49.9 Å². The normalized spacial score (nSPS) is 16.5. The third-order valence-corrected chi connectivity index (χ3v) is 4.50. The SMILES string of the molecule is N=C(N)c1ccc(CSC2CCCC2)cc1. The summed E-state index contributed by atoms with van der Waals surface area (Å²) in [5.41, 5.74) is 7.56. The maximum atomic E-state index is 7.32. The zero-order chi connectivity index (χ0) is 11.4. The molecule has 1 aromatic rings. The van der Waals surface area contributed by atoms with Crippen molar-refractivity contribution >= 4 is 17.6 Å². The highest BCUT2D eigenvalue weighted by Crippen LogP contribution is 2.31. The van der Waals surface area contributed by atoms with E-state index in [0.717, 1.165) is 16.6 Å². The molecule has 0 amide bonds. The van der Waals surface area contributed by atoms with Gasteiger partial charge in [-0.25, -0.2) is 0 Å². The number of nitrogen functional groups attached to an aromatic ring is 1. The fourth-order valence-corrected chi connectivity index (χ4v) is 3.34. The first-order valence-electron chi connectivity index (χ1n) is 5.80. The Kier molecular flexibility index (Phi) is 3.88. The highest BCUT2D eigenvalue weighted by Gasteiger charge is 2.14. The molecule has 0 aromatic heterocycles. The van der Waals surface area contributed by atoms with E-state index in [0.29, 0.717) is 0 Å². The summed E-state index contributed by atoms with van der Waals surface area (Å²) < 4.78 is 0. The van der Waals surface area contributed by atoms with Crippen molar-refractivity contribution in [1.82, 2.24) is 0 Å². The van der Waals surface area contributed by atoms with Crippen LogP contribution in [0.25, 0.3) is 0 Å². The second kappa shape index (κ2) is 5.39. The number of amidine groups is 1. The molecule has 0 bridgehead atoms. The maximum Gasteiger partial charge on any atom is 0.122 e. The van der Waals surface area contributed by atoms with Crippen molar-refractivity contribution in [2.75, 3.05) is 0 Å². The van der Waals surface area contributed by atoms with Crippen LogP contribution >= 0.6 is 11.8 Å². The summed E-state index contributed by atoms with van der Waals surface area (Å²) in [4.78, 5) is 0. The fraction of sp³-hybridized carbons (Fsp3) is 0.462. The average molecular weight is 234 g/mol. The Morgan fingerprint density at radius 3 is 2.44 bits per heavy atom. The van der Waals surface area contributed by atoms with E-state index in [4.69, 9.17) is 11.1 Å². The molecule has 3 N–H and O–H groups in total. The van der Waals surface area contributed by atoms with Crippen LogP contribution in [0, 0.1) is 5.41 Å². The lowest BCUT2D eigenvalue weighted by molar-refractivity contribution is 0.886. The second-order valence-corrected chi connectivity index (χ2v) is 5.62. The summed E-state index contributed by atoms with van der Waals surface area (Å²) in [5, 5.41) is 8.18. The van der Waals surface area contributed by atoms with E-state index in [1.807, 2.05) is 12.1 Å². The molecule has 0 saturated heterocycles. The first-order chi connectivity index (χ1) is 7.75. The van der Waals surface area contributed by atoms with Crippen molar-refractivity contribution in [1.29, 1.82) is 5.41 Å². The van der Waals surface area contributed by atoms with Gasteiger partial charge in [0.25, 0.3) is 0 Å². The number of benzene rings is 1. The van der Waals surface area contributed by atoms with Gasteiger partial charge >= 0.3 is 0 Å². The lowest BCUT2D eigenvalue weighted by atomic mass is 10.1. The van der Waals surface area contributed by atoms with Crippen LogP contribution in [0.15, 0.2) is 24.3 Å². The molecule has 2 rings (SSSR count). The molecule has 0 atom stereocenters. The molecule has 2 nitrogen and oxygen atoms in total. The molecule has 0 aliphatic heterocycles. The summed E-state index contributed by atoms with van der Waals surface area (Å²) in [5.74, 6) is 1.23. The summed E-state index contributed by atoms with van der Waals surface area (Å²) in [6.07, 6.45) is 5.58. The molecule has 1 aliphatic carbocycles. The second-order valence-electron chi connectivity index (χ2n) is 4.33. The van der Waals surface area contributed by atoms with E-state index in [1.54, 1.807) is 0 Å². The number of hydrogen-bond acceptors (Lipinski definition) is 2. The zero-order valence-corrected chi connectivity index (χ0v) is 10.2. The van der Waals surface area contributed by atoms with E-state index in [9.17, 15) is 0 Å². The van der Waals surface area contributed by atoms with Gasteiger partial charge < -0.3 is 5.73 Å². The van der Waals surface area contributed by atoms with Crippen LogP contribution in [0.3, 0.4) is 0 Å². The van der Waals surface area contributed by atoms with E-state index in [1.165, 1.54) is 31.2 Å². The van der Waals surface area contributed by atoms with Crippen molar-refractivity contribution in [3.05, 3.63) is 35.4 Å². The van der Waals surface area contributed by atoms with Gasteiger partial charge in [-0.05, 0) is 18.4 Å². The molecule has 0 radical (unpaired) electrons. The van der Waals surface area contributed by atoms with E-state index in [2.05, 4.69) is 23.9 Å².